The summed E-state index contributed by atoms with van der Waals surface area (Å²) in [5.74, 6) is 0.582. The molecule has 5 nitrogen and oxygen atoms in total. The van der Waals surface area contributed by atoms with E-state index in [1.807, 2.05) is 13.8 Å². The maximum absolute atomic E-state index is 7.18. The van der Waals surface area contributed by atoms with Crippen molar-refractivity contribution in [1.29, 1.82) is 5.41 Å². The Balaban J connectivity index is 2.85. The van der Waals surface area contributed by atoms with Crippen molar-refractivity contribution in [2.75, 3.05) is 0 Å². The summed E-state index contributed by atoms with van der Waals surface area (Å²) >= 11 is 0. The minimum absolute atomic E-state index is 0.0515. The lowest BCUT2D eigenvalue weighted by atomic mass is 10.2. The third-order valence-corrected chi connectivity index (χ3v) is 1.47. The summed E-state index contributed by atoms with van der Waals surface area (Å²) in [7, 11) is 0. The molecule has 0 aromatic carbocycles. The average Bonchev–Trinajstić information content (AvgIpc) is 2.06. The first-order valence-electron chi connectivity index (χ1n) is 4.38. The van der Waals surface area contributed by atoms with Crippen LogP contribution in [-0.2, 0) is 6.42 Å². The zero-order valence-electron chi connectivity index (χ0n) is 8.32. The molecule has 0 saturated carbocycles. The highest BCUT2D eigenvalue weighted by molar-refractivity contribution is 5.79. The van der Waals surface area contributed by atoms with Gasteiger partial charge in [-0.2, -0.15) is 0 Å². The predicted molar refractivity (Wildman–Crippen MR) is 53.4 cm³/mol. The first kappa shape index (κ1) is 10.4. The van der Waals surface area contributed by atoms with E-state index in [0.29, 0.717) is 12.3 Å². The van der Waals surface area contributed by atoms with Gasteiger partial charge in [-0.1, -0.05) is 0 Å². The van der Waals surface area contributed by atoms with Crippen LogP contribution < -0.4 is 10.5 Å². The van der Waals surface area contributed by atoms with E-state index in [-0.39, 0.29) is 11.9 Å². The lowest BCUT2D eigenvalue weighted by Gasteiger charge is -2.11. The van der Waals surface area contributed by atoms with Crippen LogP contribution >= 0.6 is 0 Å². The summed E-state index contributed by atoms with van der Waals surface area (Å²) in [5, 5.41) is 7.18. The van der Waals surface area contributed by atoms with Crippen molar-refractivity contribution in [1.82, 2.24) is 9.97 Å². The Labute approximate surface area is 82.8 Å². The zero-order chi connectivity index (χ0) is 10.6. The van der Waals surface area contributed by atoms with Crippen LogP contribution in [0.15, 0.2) is 12.5 Å². The van der Waals surface area contributed by atoms with Gasteiger partial charge in [0.15, 0.2) is 0 Å². The number of aromatic nitrogens is 2. The van der Waals surface area contributed by atoms with Gasteiger partial charge in [0.05, 0.1) is 11.9 Å². The molecule has 0 fully saturated rings. The number of ether oxygens (including phenoxy) is 1. The fourth-order valence-corrected chi connectivity index (χ4v) is 1.00. The van der Waals surface area contributed by atoms with Crippen molar-refractivity contribution in [2.45, 2.75) is 26.4 Å². The molecule has 0 aliphatic heterocycles. The smallest absolute Gasteiger partial charge is 0.220 e. The van der Waals surface area contributed by atoms with Crippen LogP contribution in [0.25, 0.3) is 0 Å². The summed E-state index contributed by atoms with van der Waals surface area (Å²) < 4.78 is 5.44. The fourth-order valence-electron chi connectivity index (χ4n) is 1.00. The van der Waals surface area contributed by atoms with Crippen molar-refractivity contribution < 1.29 is 4.74 Å². The summed E-state index contributed by atoms with van der Waals surface area (Å²) in [6.07, 6.45) is 3.41. The monoisotopic (exact) mass is 194 g/mol. The molecule has 0 aliphatic carbocycles. The number of nitrogens with zero attached hydrogens (tertiary/aromatic N) is 2. The minimum Gasteiger partial charge on any atom is -0.475 e. The quantitative estimate of drug-likeness (QED) is 0.547. The number of nitrogens with two attached hydrogens (primary N) is 1. The molecule has 1 aromatic heterocycles. The number of amidine groups is 1. The van der Waals surface area contributed by atoms with Gasteiger partial charge < -0.3 is 10.5 Å². The van der Waals surface area contributed by atoms with Gasteiger partial charge in [0, 0.05) is 18.2 Å². The van der Waals surface area contributed by atoms with E-state index in [1.165, 1.54) is 6.33 Å². The molecule has 0 radical (unpaired) electrons. The van der Waals surface area contributed by atoms with Gasteiger partial charge in [-0.3, -0.25) is 5.41 Å². The Kier molecular flexibility index (Phi) is 3.39. The molecule has 14 heavy (non-hydrogen) atoms. The Hall–Kier alpha value is -1.65. The van der Waals surface area contributed by atoms with Crippen LogP contribution in [0.2, 0.25) is 0 Å². The second-order valence-corrected chi connectivity index (χ2v) is 3.22. The Bertz CT molecular complexity index is 324. The molecule has 76 valence electrons. The maximum Gasteiger partial charge on any atom is 0.220 e. The van der Waals surface area contributed by atoms with E-state index >= 15 is 0 Å². The molecule has 1 rings (SSSR count). The van der Waals surface area contributed by atoms with Gasteiger partial charge in [0.25, 0.3) is 0 Å². The SMILES string of the molecule is CC(C)Oc1ncncc1CC(=N)N. The zero-order valence-corrected chi connectivity index (χ0v) is 8.32. The van der Waals surface area contributed by atoms with Crippen molar-refractivity contribution >= 4 is 5.84 Å². The molecule has 1 heterocycles. The van der Waals surface area contributed by atoms with Gasteiger partial charge in [0.2, 0.25) is 5.88 Å². The molecule has 0 spiro atoms. The molecule has 3 N–H and O–H groups in total. The first-order chi connectivity index (χ1) is 6.59. The van der Waals surface area contributed by atoms with Crippen LogP contribution in [0.3, 0.4) is 0 Å². The first-order valence-corrected chi connectivity index (χ1v) is 4.38. The molecule has 0 saturated heterocycles. The molecule has 0 aliphatic rings. The largest absolute Gasteiger partial charge is 0.475 e. The highest BCUT2D eigenvalue weighted by Crippen LogP contribution is 2.14. The summed E-state index contributed by atoms with van der Waals surface area (Å²) in [4.78, 5) is 7.85. The number of hydrogen-bond acceptors (Lipinski definition) is 4. The van der Waals surface area contributed by atoms with Gasteiger partial charge in [-0.15, -0.1) is 0 Å². The van der Waals surface area contributed by atoms with E-state index < -0.39 is 0 Å². The molecular weight excluding hydrogens is 180 g/mol. The predicted octanol–water partition coefficient (Wildman–Crippen LogP) is 0.742. The Morgan fingerprint density at radius 3 is 2.93 bits per heavy atom. The van der Waals surface area contributed by atoms with Crippen molar-refractivity contribution in [3.63, 3.8) is 0 Å². The lowest BCUT2D eigenvalue weighted by molar-refractivity contribution is 0.230. The third-order valence-electron chi connectivity index (χ3n) is 1.47. The fraction of sp³-hybridized carbons (Fsp3) is 0.444. The van der Waals surface area contributed by atoms with Crippen LogP contribution in [0.4, 0.5) is 0 Å². The Morgan fingerprint density at radius 2 is 2.36 bits per heavy atom. The average molecular weight is 194 g/mol. The highest BCUT2D eigenvalue weighted by atomic mass is 16.5. The van der Waals surface area contributed by atoms with Crippen molar-refractivity contribution in [3.8, 4) is 5.88 Å². The van der Waals surface area contributed by atoms with Crippen LogP contribution in [0, 0.1) is 5.41 Å². The molecule has 0 unspecified atom stereocenters. The molecule has 1 aromatic rings. The lowest BCUT2D eigenvalue weighted by Crippen LogP contribution is -2.16. The van der Waals surface area contributed by atoms with Gasteiger partial charge in [-0.05, 0) is 13.8 Å². The van der Waals surface area contributed by atoms with Crippen LogP contribution in [-0.4, -0.2) is 21.9 Å². The summed E-state index contributed by atoms with van der Waals surface area (Å²) in [6, 6.07) is 0. The van der Waals surface area contributed by atoms with Crippen molar-refractivity contribution in [3.05, 3.63) is 18.1 Å². The summed E-state index contributed by atoms with van der Waals surface area (Å²) in [6.45, 7) is 3.83. The second-order valence-electron chi connectivity index (χ2n) is 3.22. The second kappa shape index (κ2) is 4.55. The molecular formula is C9H14N4O. The van der Waals surface area contributed by atoms with E-state index in [4.69, 9.17) is 15.9 Å². The van der Waals surface area contributed by atoms with Gasteiger partial charge >= 0.3 is 0 Å². The minimum atomic E-state index is 0.0515. The van der Waals surface area contributed by atoms with Crippen molar-refractivity contribution in [2.24, 2.45) is 5.73 Å². The Morgan fingerprint density at radius 1 is 1.64 bits per heavy atom. The molecule has 5 heteroatoms. The van der Waals surface area contributed by atoms with Crippen LogP contribution in [0.1, 0.15) is 19.4 Å². The molecule has 0 bridgehead atoms. The van der Waals surface area contributed by atoms with E-state index in [2.05, 4.69) is 9.97 Å². The number of nitrogens with one attached hydrogen (secondary N) is 1. The normalized spacial score (nSPS) is 10.2. The van der Waals surface area contributed by atoms with E-state index in [0.717, 1.165) is 5.56 Å². The van der Waals surface area contributed by atoms with E-state index in [1.54, 1.807) is 6.20 Å². The third kappa shape index (κ3) is 3.01. The number of hydrogen-bond donors (Lipinski definition) is 2. The molecule has 0 amide bonds. The maximum atomic E-state index is 7.18. The number of rotatable bonds is 4. The summed E-state index contributed by atoms with van der Waals surface area (Å²) in [5.41, 5.74) is 6.04. The van der Waals surface area contributed by atoms with Gasteiger partial charge in [0.1, 0.15) is 6.33 Å². The van der Waals surface area contributed by atoms with E-state index in [9.17, 15) is 0 Å². The van der Waals surface area contributed by atoms with Crippen LogP contribution in [0.5, 0.6) is 5.88 Å². The molecule has 0 atom stereocenters. The highest BCUT2D eigenvalue weighted by Gasteiger charge is 2.07. The topological polar surface area (TPSA) is 84.9 Å². The van der Waals surface area contributed by atoms with Gasteiger partial charge in [-0.25, -0.2) is 9.97 Å². The standard InChI is InChI=1S/C9H14N4O/c1-6(2)14-9-7(3-8(10)11)4-12-5-13-9/h4-6H,3H2,1-2H3,(H3,10,11).